The van der Waals surface area contributed by atoms with Crippen LogP contribution in [-0.2, 0) is 5.75 Å². The Balaban J connectivity index is 1.37. The van der Waals surface area contributed by atoms with Crippen molar-refractivity contribution in [3.63, 3.8) is 0 Å². The van der Waals surface area contributed by atoms with Gasteiger partial charge in [0, 0.05) is 10.6 Å². The van der Waals surface area contributed by atoms with E-state index in [1.807, 2.05) is 12.1 Å². The van der Waals surface area contributed by atoms with E-state index in [2.05, 4.69) is 25.2 Å². The summed E-state index contributed by atoms with van der Waals surface area (Å²) in [5.74, 6) is 1.13. The Kier molecular flexibility index (Phi) is 4.89. The smallest absolute Gasteiger partial charge is 0.257 e. The number of hydrogen-bond acceptors (Lipinski definition) is 7. The first kappa shape index (κ1) is 18.7. The molecule has 0 radical (unpaired) electrons. The molecular weight excluding hydrogens is 427 g/mol. The Labute approximate surface area is 178 Å². The third-order valence-electron chi connectivity index (χ3n) is 4.30. The predicted octanol–water partition coefficient (Wildman–Crippen LogP) is 4.95. The Hall–Kier alpha value is -3.30. The molecule has 0 saturated heterocycles. The molecule has 0 unspecified atom stereocenters. The molecule has 0 aliphatic rings. The molecule has 10 heteroatoms. The van der Waals surface area contributed by atoms with Crippen LogP contribution in [0.4, 0.5) is 4.39 Å². The molecule has 0 atom stereocenters. The lowest BCUT2D eigenvalue weighted by atomic mass is 10.2. The van der Waals surface area contributed by atoms with Gasteiger partial charge in [0.05, 0.1) is 23.0 Å². The lowest BCUT2D eigenvalue weighted by molar-refractivity contribution is 0.425. The van der Waals surface area contributed by atoms with E-state index in [4.69, 9.17) is 16.1 Å². The summed E-state index contributed by atoms with van der Waals surface area (Å²) < 4.78 is 20.2. The molecular formula is C20H12ClFN6OS. The minimum Gasteiger partial charge on any atom is -0.334 e. The van der Waals surface area contributed by atoms with Crippen LogP contribution in [0.5, 0.6) is 0 Å². The molecule has 0 aliphatic carbocycles. The number of thioether (sulfide) groups is 1. The Morgan fingerprint density at radius 1 is 1.03 bits per heavy atom. The molecule has 7 nitrogen and oxygen atoms in total. The fraction of sp³-hybridized carbons (Fsp3) is 0.0500. The second-order valence-electron chi connectivity index (χ2n) is 6.26. The van der Waals surface area contributed by atoms with Crippen LogP contribution in [0, 0.1) is 5.82 Å². The lowest BCUT2D eigenvalue weighted by Gasteiger charge is -2.03. The predicted molar refractivity (Wildman–Crippen MR) is 111 cm³/mol. The Morgan fingerprint density at radius 2 is 1.83 bits per heavy atom. The quantitative estimate of drug-likeness (QED) is 0.283. The number of fused-ring (bicyclic) bond motifs is 1. The number of nitrogens with zero attached hydrogens (tertiary/aromatic N) is 6. The van der Waals surface area contributed by atoms with E-state index in [1.165, 1.54) is 30.2 Å². The number of aromatic nitrogens is 6. The highest BCUT2D eigenvalue weighted by Crippen LogP contribution is 2.28. The van der Waals surface area contributed by atoms with Crippen molar-refractivity contribution in [3.05, 3.63) is 77.7 Å². The van der Waals surface area contributed by atoms with Crippen LogP contribution in [0.25, 0.3) is 28.2 Å². The van der Waals surface area contributed by atoms with Gasteiger partial charge in [-0.15, -0.1) is 0 Å². The summed E-state index contributed by atoms with van der Waals surface area (Å²) in [6.45, 7) is 0. The van der Waals surface area contributed by atoms with Gasteiger partial charge in [-0.1, -0.05) is 28.5 Å². The molecule has 0 amide bonds. The fourth-order valence-corrected chi connectivity index (χ4v) is 3.79. The molecule has 0 spiro atoms. The average Bonchev–Trinajstić information content (AvgIpc) is 3.41. The van der Waals surface area contributed by atoms with Gasteiger partial charge in [-0.3, -0.25) is 0 Å². The van der Waals surface area contributed by atoms with Gasteiger partial charge in [0.1, 0.15) is 17.2 Å². The molecule has 0 saturated carbocycles. The van der Waals surface area contributed by atoms with Crippen molar-refractivity contribution in [2.75, 3.05) is 0 Å². The standard InChI is InChI=1S/C20H12ClFN6OS/c21-13-3-1-12(2-4-13)19-26-17(27-29-19)10-30-20-16-9-25-28(18(16)23-11-24-20)15-7-5-14(22)6-8-15/h1-9,11H,10H2. The van der Waals surface area contributed by atoms with E-state index in [9.17, 15) is 4.39 Å². The van der Waals surface area contributed by atoms with Gasteiger partial charge in [-0.25, -0.2) is 19.0 Å². The summed E-state index contributed by atoms with van der Waals surface area (Å²) in [6.07, 6.45) is 3.16. The number of hydrogen-bond donors (Lipinski definition) is 0. The van der Waals surface area contributed by atoms with Gasteiger partial charge in [0.15, 0.2) is 11.5 Å². The number of benzene rings is 2. The molecule has 0 bridgehead atoms. The van der Waals surface area contributed by atoms with Crippen molar-refractivity contribution in [2.45, 2.75) is 10.8 Å². The van der Waals surface area contributed by atoms with Crippen molar-refractivity contribution in [1.82, 2.24) is 29.9 Å². The monoisotopic (exact) mass is 438 g/mol. The zero-order chi connectivity index (χ0) is 20.5. The molecule has 0 fully saturated rings. The van der Waals surface area contributed by atoms with Crippen molar-refractivity contribution < 1.29 is 8.91 Å². The molecule has 148 valence electrons. The summed E-state index contributed by atoms with van der Waals surface area (Å²) in [7, 11) is 0. The topological polar surface area (TPSA) is 82.5 Å². The van der Waals surface area contributed by atoms with E-state index in [-0.39, 0.29) is 5.82 Å². The van der Waals surface area contributed by atoms with E-state index >= 15 is 0 Å². The van der Waals surface area contributed by atoms with Crippen LogP contribution in [0.15, 0.2) is 70.6 Å². The summed E-state index contributed by atoms with van der Waals surface area (Å²) in [6, 6.07) is 13.2. The fourth-order valence-electron chi connectivity index (χ4n) is 2.86. The summed E-state index contributed by atoms with van der Waals surface area (Å²) in [5, 5.41) is 10.6. The van der Waals surface area contributed by atoms with E-state index in [1.54, 1.807) is 35.1 Å². The maximum atomic E-state index is 13.2. The molecule has 5 aromatic rings. The zero-order valence-corrected chi connectivity index (χ0v) is 16.8. The van der Waals surface area contributed by atoms with Gasteiger partial charge in [0.25, 0.3) is 5.89 Å². The van der Waals surface area contributed by atoms with Gasteiger partial charge in [-0.2, -0.15) is 10.1 Å². The molecule has 0 N–H and O–H groups in total. The third-order valence-corrected chi connectivity index (χ3v) is 5.55. The average molecular weight is 439 g/mol. The Bertz CT molecular complexity index is 1320. The summed E-state index contributed by atoms with van der Waals surface area (Å²) >= 11 is 7.37. The maximum Gasteiger partial charge on any atom is 0.257 e. The van der Waals surface area contributed by atoms with E-state index < -0.39 is 0 Å². The van der Waals surface area contributed by atoms with Crippen molar-refractivity contribution >= 4 is 34.4 Å². The van der Waals surface area contributed by atoms with Crippen molar-refractivity contribution in [1.29, 1.82) is 0 Å². The maximum absolute atomic E-state index is 13.2. The van der Waals surface area contributed by atoms with Gasteiger partial charge < -0.3 is 4.52 Å². The van der Waals surface area contributed by atoms with E-state index in [0.717, 1.165) is 16.0 Å². The molecule has 2 aromatic carbocycles. The van der Waals surface area contributed by atoms with Crippen LogP contribution in [0.3, 0.4) is 0 Å². The first-order chi connectivity index (χ1) is 14.7. The molecule has 3 aromatic heterocycles. The van der Waals surface area contributed by atoms with Crippen LogP contribution in [0.1, 0.15) is 5.82 Å². The first-order valence-corrected chi connectivity index (χ1v) is 10.2. The number of halogens is 2. The van der Waals surface area contributed by atoms with Crippen LogP contribution in [0.2, 0.25) is 5.02 Å². The van der Waals surface area contributed by atoms with Gasteiger partial charge in [-0.05, 0) is 48.5 Å². The lowest BCUT2D eigenvalue weighted by Crippen LogP contribution is -1.98. The first-order valence-electron chi connectivity index (χ1n) is 8.83. The summed E-state index contributed by atoms with van der Waals surface area (Å²) in [5.41, 5.74) is 2.15. The number of rotatable bonds is 5. The highest BCUT2D eigenvalue weighted by atomic mass is 35.5. The molecule has 5 rings (SSSR count). The minimum absolute atomic E-state index is 0.306. The van der Waals surface area contributed by atoms with Crippen molar-refractivity contribution in [3.8, 4) is 17.1 Å². The van der Waals surface area contributed by atoms with Crippen molar-refractivity contribution in [2.24, 2.45) is 0 Å². The molecule has 3 heterocycles. The van der Waals surface area contributed by atoms with Gasteiger partial charge in [0.2, 0.25) is 0 Å². The minimum atomic E-state index is -0.306. The van der Waals surface area contributed by atoms with E-state index in [0.29, 0.717) is 33.8 Å². The van der Waals surface area contributed by atoms with Crippen LogP contribution in [-0.4, -0.2) is 29.9 Å². The Morgan fingerprint density at radius 3 is 2.63 bits per heavy atom. The van der Waals surface area contributed by atoms with Crippen LogP contribution >= 0.6 is 23.4 Å². The highest BCUT2D eigenvalue weighted by molar-refractivity contribution is 7.98. The third kappa shape index (κ3) is 3.64. The van der Waals surface area contributed by atoms with Gasteiger partial charge >= 0.3 is 0 Å². The normalized spacial score (nSPS) is 11.3. The second-order valence-corrected chi connectivity index (χ2v) is 7.66. The van der Waals surface area contributed by atoms with Crippen LogP contribution < -0.4 is 0 Å². The second kappa shape index (κ2) is 7.85. The summed E-state index contributed by atoms with van der Waals surface area (Å²) in [4.78, 5) is 13.1. The SMILES string of the molecule is Fc1ccc(-n2ncc3c(SCc4noc(-c5ccc(Cl)cc5)n4)ncnc32)cc1. The largest absolute Gasteiger partial charge is 0.334 e. The highest BCUT2D eigenvalue weighted by Gasteiger charge is 2.14. The molecule has 0 aliphatic heterocycles. The zero-order valence-electron chi connectivity index (χ0n) is 15.2. The molecule has 30 heavy (non-hydrogen) atoms.